The van der Waals surface area contributed by atoms with Gasteiger partial charge in [0.05, 0.1) is 6.33 Å². The van der Waals surface area contributed by atoms with Crippen LogP contribution in [0.2, 0.25) is 0 Å². The van der Waals surface area contributed by atoms with Gasteiger partial charge in [-0.05, 0) is 62.1 Å². The molecular formula is C50H70N18O9. The normalized spacial score (nSPS) is 20.8. The molecule has 1 aliphatic rings. The highest BCUT2D eigenvalue weighted by Crippen LogP contribution is 2.20. The molecule has 0 spiro atoms. The number of imidazole rings is 1. The minimum atomic E-state index is -1.44. The van der Waals surface area contributed by atoms with Crippen molar-refractivity contribution in [3.8, 4) is 0 Å². The van der Waals surface area contributed by atoms with Crippen LogP contribution in [0.4, 0.5) is 0 Å². The zero-order chi connectivity index (χ0) is 55.9. The van der Waals surface area contributed by atoms with Crippen molar-refractivity contribution in [2.24, 2.45) is 38.7 Å². The summed E-state index contributed by atoms with van der Waals surface area (Å²) < 4.78 is 0. The van der Waals surface area contributed by atoms with E-state index in [0.717, 1.165) is 10.9 Å². The third kappa shape index (κ3) is 19.6. The Morgan fingerprint density at radius 2 is 1.31 bits per heavy atom. The fourth-order valence-corrected chi connectivity index (χ4v) is 8.50. The van der Waals surface area contributed by atoms with Crippen LogP contribution in [0.1, 0.15) is 75.1 Å². The first-order valence-corrected chi connectivity index (χ1v) is 25.2. The van der Waals surface area contributed by atoms with Gasteiger partial charge >= 0.3 is 0 Å². The summed E-state index contributed by atoms with van der Waals surface area (Å²) >= 11 is 0. The number of carbonyl (C=O) groups is 9. The molecule has 2 aromatic carbocycles. The number of aliphatic imine (C=N–C) groups is 2. The molecule has 20 N–H and O–H groups in total. The Balaban J connectivity index is 1.54. The van der Waals surface area contributed by atoms with Crippen molar-refractivity contribution in [2.45, 2.75) is 120 Å². The van der Waals surface area contributed by atoms with Crippen molar-refractivity contribution in [1.29, 1.82) is 0 Å². The third-order valence-electron chi connectivity index (χ3n) is 12.4. The number of rotatable bonds is 18. The lowest BCUT2D eigenvalue weighted by atomic mass is 10.0. The molecule has 0 saturated carbocycles. The smallest absolute Gasteiger partial charge is 0.243 e. The van der Waals surface area contributed by atoms with Gasteiger partial charge in [0.15, 0.2) is 11.9 Å². The molecule has 9 amide bonds. The summed E-state index contributed by atoms with van der Waals surface area (Å²) in [6.07, 6.45) is 3.95. The molecule has 7 unspecified atom stereocenters. The summed E-state index contributed by atoms with van der Waals surface area (Å²) in [4.78, 5) is 143. The monoisotopic (exact) mass is 1070 g/mol. The number of nitrogens with one attached hydrogen (secondary N) is 10. The molecule has 27 heteroatoms. The van der Waals surface area contributed by atoms with E-state index in [1.165, 1.54) is 19.4 Å². The van der Waals surface area contributed by atoms with Crippen LogP contribution < -0.4 is 71.2 Å². The molecule has 77 heavy (non-hydrogen) atoms. The highest BCUT2D eigenvalue weighted by molar-refractivity contribution is 5.98. The van der Waals surface area contributed by atoms with E-state index < -0.39 is 95.5 Å². The second-order valence-corrected chi connectivity index (χ2v) is 18.5. The van der Waals surface area contributed by atoms with Crippen LogP contribution in [0.3, 0.4) is 0 Å². The van der Waals surface area contributed by atoms with Crippen molar-refractivity contribution in [1.82, 2.24) is 57.5 Å². The van der Waals surface area contributed by atoms with Crippen molar-refractivity contribution in [3.63, 3.8) is 0 Å². The van der Waals surface area contributed by atoms with Crippen LogP contribution in [0, 0.1) is 0 Å². The van der Waals surface area contributed by atoms with E-state index in [0.29, 0.717) is 16.8 Å². The Morgan fingerprint density at radius 1 is 0.701 bits per heavy atom. The van der Waals surface area contributed by atoms with E-state index in [2.05, 4.69) is 67.5 Å². The molecule has 0 radical (unpaired) electrons. The molecule has 414 valence electrons. The molecule has 1 aliphatic heterocycles. The van der Waals surface area contributed by atoms with Crippen LogP contribution in [0.15, 0.2) is 83.3 Å². The number of guanidine groups is 2. The number of hydrogen-bond acceptors (Lipinski definition) is 12. The van der Waals surface area contributed by atoms with Crippen molar-refractivity contribution in [2.75, 3.05) is 19.6 Å². The molecule has 5 rings (SSSR count). The molecule has 27 nitrogen and oxygen atoms in total. The van der Waals surface area contributed by atoms with Gasteiger partial charge in [0, 0.05) is 81.2 Å². The van der Waals surface area contributed by atoms with E-state index in [1.54, 1.807) is 42.6 Å². The molecule has 0 aliphatic carbocycles. The number of nitrogens with zero attached hydrogens (tertiary/aromatic N) is 3. The number of fused-ring (bicyclic) bond motifs is 1. The number of amides is 9. The highest BCUT2D eigenvalue weighted by atomic mass is 16.2. The first-order valence-electron chi connectivity index (χ1n) is 25.2. The Labute approximate surface area is 443 Å². The van der Waals surface area contributed by atoms with E-state index in [9.17, 15) is 43.2 Å². The van der Waals surface area contributed by atoms with Crippen LogP contribution in [-0.4, -0.2) is 142 Å². The number of aromatic nitrogens is 3. The van der Waals surface area contributed by atoms with E-state index >= 15 is 0 Å². The van der Waals surface area contributed by atoms with Gasteiger partial charge in [-0.2, -0.15) is 0 Å². The third-order valence-corrected chi connectivity index (χ3v) is 12.4. The molecule has 4 aromatic rings. The van der Waals surface area contributed by atoms with Gasteiger partial charge in [-0.25, -0.2) is 4.98 Å². The molecular weight excluding hydrogens is 997 g/mol. The zero-order valence-electron chi connectivity index (χ0n) is 42.8. The minimum Gasteiger partial charge on any atom is -0.370 e. The quantitative estimate of drug-likeness (QED) is 0.0263. The van der Waals surface area contributed by atoms with Gasteiger partial charge in [-0.1, -0.05) is 48.5 Å². The molecule has 7 atom stereocenters. The maximum Gasteiger partial charge on any atom is 0.243 e. The number of para-hydroxylation sites is 1. The number of nitrogens with two attached hydrogens (primary N) is 5. The summed E-state index contributed by atoms with van der Waals surface area (Å²) in [5.74, 6) is -7.30. The average Bonchev–Trinajstić information content (AvgIpc) is 4.07. The Morgan fingerprint density at radius 3 is 1.97 bits per heavy atom. The van der Waals surface area contributed by atoms with E-state index in [1.807, 2.05) is 18.2 Å². The lowest BCUT2D eigenvalue weighted by Gasteiger charge is -2.28. The van der Waals surface area contributed by atoms with Gasteiger partial charge in [0.2, 0.25) is 53.2 Å². The number of aromatic amines is 2. The SMILES string of the molecule is CC(=O)NC(CCCN=C(N)N)C(=O)NC1CCCC(=O)NCCC(C(N)=O)NC(=O)C(Cc2c[nH]c3ccccc23)NC(=O)C(CCCN=C(N)N)NC(=O)C(Cc2ccccc2)NC(=O)C(Cc2cnc[nH]2)NC1=O. The largest absolute Gasteiger partial charge is 0.370 e. The maximum atomic E-state index is 14.7. The summed E-state index contributed by atoms with van der Waals surface area (Å²) in [6.45, 7) is 1.24. The lowest BCUT2D eigenvalue weighted by molar-refractivity contribution is -0.135. The second kappa shape index (κ2) is 29.7. The van der Waals surface area contributed by atoms with Gasteiger partial charge < -0.3 is 81.2 Å². The predicted molar refractivity (Wildman–Crippen MR) is 284 cm³/mol. The van der Waals surface area contributed by atoms with Crippen LogP contribution in [0.25, 0.3) is 10.9 Å². The van der Waals surface area contributed by atoms with Crippen molar-refractivity contribution < 1.29 is 43.2 Å². The zero-order valence-corrected chi connectivity index (χ0v) is 42.8. The minimum absolute atomic E-state index is 0.00541. The second-order valence-electron chi connectivity index (χ2n) is 18.5. The Hall–Kier alpha value is -9.04. The Bertz CT molecular complexity index is 2720. The van der Waals surface area contributed by atoms with E-state index in [-0.39, 0.29) is 102 Å². The van der Waals surface area contributed by atoms with Crippen molar-refractivity contribution >= 4 is 76.0 Å². The molecule has 0 bridgehead atoms. The fourth-order valence-electron chi connectivity index (χ4n) is 8.50. The lowest BCUT2D eigenvalue weighted by Crippen LogP contribution is -2.60. The van der Waals surface area contributed by atoms with Gasteiger partial charge in [-0.15, -0.1) is 0 Å². The van der Waals surface area contributed by atoms with Gasteiger partial charge in [-0.3, -0.25) is 53.1 Å². The molecule has 3 heterocycles. The number of benzene rings is 2. The maximum absolute atomic E-state index is 14.7. The number of carbonyl (C=O) groups excluding carboxylic acids is 9. The number of primary amides is 1. The average molecular weight is 1070 g/mol. The Kier molecular flexibility index (Phi) is 22.7. The van der Waals surface area contributed by atoms with Crippen LogP contribution in [-0.2, 0) is 62.4 Å². The summed E-state index contributed by atoms with van der Waals surface area (Å²) in [5.41, 5.74) is 30.2. The molecule has 1 saturated heterocycles. The highest BCUT2D eigenvalue weighted by Gasteiger charge is 2.35. The van der Waals surface area contributed by atoms with Crippen LogP contribution in [0.5, 0.6) is 0 Å². The van der Waals surface area contributed by atoms with Gasteiger partial charge in [0.25, 0.3) is 0 Å². The molecule has 1 fully saturated rings. The van der Waals surface area contributed by atoms with Crippen molar-refractivity contribution in [3.05, 3.63) is 90.1 Å². The van der Waals surface area contributed by atoms with Gasteiger partial charge in [0.1, 0.15) is 42.3 Å². The first-order chi connectivity index (χ1) is 36.9. The molecule has 2 aromatic heterocycles. The summed E-state index contributed by atoms with van der Waals surface area (Å²) in [5, 5.41) is 22.3. The van der Waals surface area contributed by atoms with E-state index in [4.69, 9.17) is 28.7 Å². The standard InChI is InChI=1S/C50H70N18O9/c1-28(69)62-35(15-8-19-58-49(52)53)43(72)64-36-14-7-17-41(70)57-21-18-34(42(51)71)63-47(76)39(23-30-25-60-33-13-6-5-12-32(30)33)67-45(74)37(16-9-20-59-50(54)55)65-46(75)38(22-29-10-3-2-4-11-29)66-48(77)40(68-44(36)73)24-31-26-56-27-61-31/h2-6,10-13,25-27,34-40,60H,7-9,14-24H2,1H3,(H2,51,71)(H,56,61)(H,57,70)(H,62,69)(H,63,76)(H,64,72)(H,65,75)(H,66,77)(H,67,74)(H,68,73)(H4,52,53,58)(H4,54,55,59). The number of H-pyrrole nitrogens is 2. The van der Waals surface area contributed by atoms with Crippen LogP contribution >= 0.6 is 0 Å². The predicted octanol–water partition coefficient (Wildman–Crippen LogP) is -3.38. The summed E-state index contributed by atoms with van der Waals surface area (Å²) in [7, 11) is 0. The number of hydrogen-bond donors (Lipinski definition) is 15. The first kappa shape index (κ1) is 58.8. The topological polar surface area (TPSA) is 449 Å². The fraction of sp³-hybridized carbons (Fsp3) is 0.440. The summed E-state index contributed by atoms with van der Waals surface area (Å²) in [6, 6.07) is 6.46.